The Bertz CT molecular complexity index is 1060. The molecule has 2 unspecified atom stereocenters. The second-order valence-electron chi connectivity index (χ2n) is 7.12. The lowest BCUT2D eigenvalue weighted by Crippen LogP contribution is -2.43. The van der Waals surface area contributed by atoms with Crippen LogP contribution >= 0.6 is 12.4 Å². The Morgan fingerprint density at radius 3 is 1.97 bits per heavy atom. The van der Waals surface area contributed by atoms with Gasteiger partial charge in [-0.2, -0.15) is 0 Å². The van der Waals surface area contributed by atoms with Crippen LogP contribution in [-0.2, 0) is 16.3 Å². The minimum absolute atomic E-state index is 0. The van der Waals surface area contributed by atoms with Crippen molar-refractivity contribution in [1.29, 1.82) is 0 Å². The molecule has 2 atom stereocenters. The van der Waals surface area contributed by atoms with E-state index in [2.05, 4.69) is 5.32 Å². The quantitative estimate of drug-likeness (QED) is 0.431. The van der Waals surface area contributed by atoms with E-state index < -0.39 is 22.2 Å². The first-order chi connectivity index (χ1) is 14.9. The molecular weight excluding hydrogens is 450 g/mol. The summed E-state index contributed by atoms with van der Waals surface area (Å²) in [4.78, 5) is 0.462. The van der Waals surface area contributed by atoms with Gasteiger partial charge in [0.25, 0.3) is 0 Å². The number of nitrogens with one attached hydrogen (secondary N) is 1. The third-order valence-corrected chi connectivity index (χ3v) is 6.59. The van der Waals surface area contributed by atoms with E-state index in [-0.39, 0.29) is 22.2 Å². The smallest absolute Gasteiger partial charge is 0.206 e. The van der Waals surface area contributed by atoms with E-state index in [9.17, 15) is 13.5 Å². The molecule has 0 spiro atoms. The zero-order chi connectivity index (χ0) is 22.3. The van der Waals surface area contributed by atoms with Gasteiger partial charge in [0.1, 0.15) is 17.6 Å². The molecule has 0 saturated heterocycles. The summed E-state index contributed by atoms with van der Waals surface area (Å²) in [5, 5.41) is 13.2. The molecule has 3 aromatic rings. The first-order valence-electron chi connectivity index (χ1n) is 10.0. The summed E-state index contributed by atoms with van der Waals surface area (Å²) in [6, 6.07) is 22.5. The van der Waals surface area contributed by atoms with Crippen molar-refractivity contribution in [3.63, 3.8) is 0 Å². The average molecular weight is 478 g/mol. The third-order valence-electron chi connectivity index (χ3n) is 4.81. The van der Waals surface area contributed by atoms with Gasteiger partial charge in [0, 0.05) is 6.54 Å². The SMILES string of the molecule is COc1ccc(S(=O)(=O)c2ccc(CCNC(Oc3ccccc3)C(C)O)cc2)cc1.Cl. The van der Waals surface area contributed by atoms with Gasteiger partial charge in [-0.25, -0.2) is 8.42 Å². The van der Waals surface area contributed by atoms with Crippen LogP contribution in [0.25, 0.3) is 0 Å². The topological polar surface area (TPSA) is 84.9 Å². The molecule has 8 heteroatoms. The lowest BCUT2D eigenvalue weighted by molar-refractivity contribution is 0.0274. The van der Waals surface area contributed by atoms with Crippen molar-refractivity contribution in [2.45, 2.75) is 35.5 Å². The molecule has 3 rings (SSSR count). The molecule has 0 fully saturated rings. The van der Waals surface area contributed by atoms with Crippen molar-refractivity contribution >= 4 is 22.2 Å². The van der Waals surface area contributed by atoms with E-state index >= 15 is 0 Å². The lowest BCUT2D eigenvalue weighted by atomic mass is 10.1. The number of ether oxygens (including phenoxy) is 2. The fraction of sp³-hybridized carbons (Fsp3) is 0.250. The number of sulfone groups is 1. The normalized spacial score (nSPS) is 13.0. The number of hydrogen-bond acceptors (Lipinski definition) is 6. The fourth-order valence-corrected chi connectivity index (χ4v) is 4.30. The molecule has 6 nitrogen and oxygen atoms in total. The van der Waals surface area contributed by atoms with Crippen molar-refractivity contribution in [2.75, 3.05) is 13.7 Å². The summed E-state index contributed by atoms with van der Waals surface area (Å²) in [6.07, 6.45) is -0.584. The minimum Gasteiger partial charge on any atom is -0.497 e. The molecule has 0 radical (unpaired) electrons. The maximum atomic E-state index is 12.8. The maximum absolute atomic E-state index is 12.8. The predicted octanol–water partition coefficient (Wildman–Crippen LogP) is 3.87. The van der Waals surface area contributed by atoms with Gasteiger partial charge in [-0.1, -0.05) is 30.3 Å². The number of para-hydroxylation sites is 1. The van der Waals surface area contributed by atoms with Crippen molar-refractivity contribution in [2.24, 2.45) is 0 Å². The highest BCUT2D eigenvalue weighted by molar-refractivity contribution is 7.91. The molecule has 0 aliphatic rings. The van der Waals surface area contributed by atoms with Crippen LogP contribution in [0.5, 0.6) is 11.5 Å². The van der Waals surface area contributed by atoms with Crippen LogP contribution in [0.15, 0.2) is 88.7 Å². The molecule has 172 valence electrons. The Kier molecular flexibility index (Phi) is 9.53. The van der Waals surface area contributed by atoms with Crippen LogP contribution < -0.4 is 14.8 Å². The maximum Gasteiger partial charge on any atom is 0.206 e. The first kappa shape index (κ1) is 25.7. The van der Waals surface area contributed by atoms with Gasteiger partial charge in [-0.15, -0.1) is 12.4 Å². The second kappa shape index (κ2) is 11.9. The molecule has 0 bridgehead atoms. The third kappa shape index (κ3) is 6.71. The number of hydrogen-bond donors (Lipinski definition) is 2. The Balaban J connectivity index is 0.00000363. The summed E-state index contributed by atoms with van der Waals surface area (Å²) in [7, 11) is -2.05. The Hall–Kier alpha value is -2.58. The molecule has 0 saturated carbocycles. The van der Waals surface area contributed by atoms with Crippen LogP contribution in [0.1, 0.15) is 12.5 Å². The van der Waals surface area contributed by atoms with Gasteiger partial charge in [-0.3, -0.25) is 5.32 Å². The van der Waals surface area contributed by atoms with Crippen LogP contribution in [0.3, 0.4) is 0 Å². The van der Waals surface area contributed by atoms with Crippen molar-refractivity contribution in [3.05, 3.63) is 84.4 Å². The van der Waals surface area contributed by atoms with Crippen LogP contribution in [0.2, 0.25) is 0 Å². The highest BCUT2D eigenvalue weighted by Gasteiger charge is 2.18. The number of aliphatic hydroxyl groups is 1. The van der Waals surface area contributed by atoms with Crippen molar-refractivity contribution < 1.29 is 23.0 Å². The van der Waals surface area contributed by atoms with E-state index in [1.165, 1.54) is 19.2 Å². The van der Waals surface area contributed by atoms with E-state index in [4.69, 9.17) is 9.47 Å². The van der Waals surface area contributed by atoms with Gasteiger partial charge < -0.3 is 14.6 Å². The van der Waals surface area contributed by atoms with Crippen LogP contribution in [0.4, 0.5) is 0 Å². The average Bonchev–Trinajstić information content (AvgIpc) is 2.79. The number of aliphatic hydroxyl groups excluding tert-OH is 1. The van der Waals surface area contributed by atoms with E-state index in [0.717, 1.165) is 5.56 Å². The Morgan fingerprint density at radius 2 is 1.44 bits per heavy atom. The number of benzene rings is 3. The molecular formula is C24H28ClNO5S. The number of rotatable bonds is 10. The van der Waals surface area contributed by atoms with E-state index in [1.807, 2.05) is 30.3 Å². The van der Waals surface area contributed by atoms with Gasteiger partial charge in [0.2, 0.25) is 9.84 Å². The minimum atomic E-state index is -3.58. The summed E-state index contributed by atoms with van der Waals surface area (Å²) in [6.45, 7) is 2.23. The zero-order valence-electron chi connectivity index (χ0n) is 18.0. The Labute approximate surface area is 195 Å². The molecule has 0 amide bonds. The van der Waals surface area contributed by atoms with Crippen molar-refractivity contribution in [1.82, 2.24) is 5.32 Å². The molecule has 0 aromatic heterocycles. The molecule has 3 aromatic carbocycles. The highest BCUT2D eigenvalue weighted by atomic mass is 35.5. The first-order valence-corrected chi connectivity index (χ1v) is 11.5. The monoisotopic (exact) mass is 477 g/mol. The molecule has 32 heavy (non-hydrogen) atoms. The molecule has 0 heterocycles. The summed E-state index contributed by atoms with van der Waals surface area (Å²) in [5.74, 6) is 1.28. The molecule has 0 aliphatic heterocycles. The van der Waals surface area contributed by atoms with Crippen molar-refractivity contribution in [3.8, 4) is 11.5 Å². The van der Waals surface area contributed by atoms with Gasteiger partial charge in [-0.05, 0) is 67.4 Å². The Morgan fingerprint density at radius 1 is 0.875 bits per heavy atom. The zero-order valence-corrected chi connectivity index (χ0v) is 19.6. The largest absolute Gasteiger partial charge is 0.497 e. The number of methoxy groups -OCH3 is 1. The molecule has 0 aliphatic carbocycles. The van der Waals surface area contributed by atoms with E-state index in [1.54, 1.807) is 43.3 Å². The lowest BCUT2D eigenvalue weighted by Gasteiger charge is -2.23. The van der Waals surface area contributed by atoms with E-state index in [0.29, 0.717) is 24.5 Å². The second-order valence-corrected chi connectivity index (χ2v) is 9.07. The standard InChI is InChI=1S/C24H27NO5S.ClH/c1-18(26)24(30-21-6-4-3-5-7-21)25-17-16-19-8-12-22(13-9-19)31(27,28)23-14-10-20(29-2)11-15-23;/h3-15,18,24-26H,16-17H2,1-2H3;1H. The molecule has 2 N–H and O–H groups in total. The summed E-state index contributed by atoms with van der Waals surface area (Å²) >= 11 is 0. The summed E-state index contributed by atoms with van der Waals surface area (Å²) < 4.78 is 36.5. The fourth-order valence-electron chi connectivity index (χ4n) is 3.04. The van der Waals surface area contributed by atoms with Gasteiger partial charge >= 0.3 is 0 Å². The van der Waals surface area contributed by atoms with Crippen LogP contribution in [-0.4, -0.2) is 39.5 Å². The predicted molar refractivity (Wildman–Crippen MR) is 126 cm³/mol. The number of halogens is 1. The summed E-state index contributed by atoms with van der Waals surface area (Å²) in [5.41, 5.74) is 0.977. The van der Waals surface area contributed by atoms with Gasteiger partial charge in [0.05, 0.1) is 16.9 Å². The highest BCUT2D eigenvalue weighted by Crippen LogP contribution is 2.23. The van der Waals surface area contributed by atoms with Crippen LogP contribution in [0, 0.1) is 0 Å². The van der Waals surface area contributed by atoms with Gasteiger partial charge in [0.15, 0.2) is 6.23 Å².